The molecule has 0 spiro atoms. The Morgan fingerprint density at radius 2 is 1.65 bits per heavy atom. The number of carbonyl (C=O) groups excluding carboxylic acids is 2. The maximum atomic E-state index is 12.0. The van der Waals surface area contributed by atoms with Crippen molar-refractivity contribution in [3.63, 3.8) is 0 Å². The molecule has 0 unspecified atom stereocenters. The van der Waals surface area contributed by atoms with Crippen LogP contribution in [0.5, 0.6) is 5.75 Å². The lowest BCUT2D eigenvalue weighted by molar-refractivity contribution is -0.121. The number of aromatic nitrogens is 1. The van der Waals surface area contributed by atoms with Gasteiger partial charge >= 0.3 is 0 Å². The number of phenolic OH excluding ortho intramolecular Hbond substituents is 1. The molecule has 1 heterocycles. The molecule has 2 aromatic carbocycles. The van der Waals surface area contributed by atoms with Crippen molar-refractivity contribution in [1.82, 2.24) is 9.99 Å². The number of fused-ring (bicyclic) bond motifs is 1. The number of phenols is 1. The molecule has 162 valence electrons. The SMILES string of the molecule is Cn1cc(/C=N/NC(=O)CCCCCCC(=O)Nc2ccccc2O)c2ccccc21. The summed E-state index contributed by atoms with van der Waals surface area (Å²) < 4.78 is 2.03. The average molecular weight is 421 g/mol. The Morgan fingerprint density at radius 3 is 2.42 bits per heavy atom. The van der Waals surface area contributed by atoms with Gasteiger partial charge in [-0.05, 0) is 31.0 Å². The van der Waals surface area contributed by atoms with Crippen LogP contribution in [0.2, 0.25) is 0 Å². The van der Waals surface area contributed by atoms with Gasteiger partial charge in [0, 0.05) is 42.6 Å². The maximum Gasteiger partial charge on any atom is 0.240 e. The number of nitrogens with one attached hydrogen (secondary N) is 2. The van der Waals surface area contributed by atoms with E-state index < -0.39 is 0 Å². The molecule has 0 aliphatic carbocycles. The minimum absolute atomic E-state index is 0.0602. The van der Waals surface area contributed by atoms with Gasteiger partial charge < -0.3 is 15.0 Å². The molecule has 3 N–H and O–H groups in total. The smallest absolute Gasteiger partial charge is 0.240 e. The highest BCUT2D eigenvalue weighted by Crippen LogP contribution is 2.22. The highest BCUT2D eigenvalue weighted by molar-refractivity contribution is 5.99. The average Bonchev–Trinajstić information content (AvgIpc) is 3.08. The van der Waals surface area contributed by atoms with Gasteiger partial charge in [-0.3, -0.25) is 9.59 Å². The molecule has 0 aliphatic rings. The third kappa shape index (κ3) is 6.44. The Morgan fingerprint density at radius 1 is 0.968 bits per heavy atom. The summed E-state index contributed by atoms with van der Waals surface area (Å²) in [4.78, 5) is 23.9. The molecule has 0 saturated carbocycles. The molecule has 0 atom stereocenters. The van der Waals surface area contributed by atoms with E-state index in [1.807, 2.05) is 42.1 Å². The second-order valence-corrected chi connectivity index (χ2v) is 7.49. The Kier molecular flexibility index (Phi) is 7.81. The number of benzene rings is 2. The van der Waals surface area contributed by atoms with Crippen LogP contribution < -0.4 is 10.7 Å². The van der Waals surface area contributed by atoms with E-state index in [-0.39, 0.29) is 17.6 Å². The van der Waals surface area contributed by atoms with Gasteiger partial charge in [0.15, 0.2) is 0 Å². The van der Waals surface area contributed by atoms with Gasteiger partial charge in [-0.2, -0.15) is 5.10 Å². The predicted molar refractivity (Wildman–Crippen MR) is 123 cm³/mol. The van der Waals surface area contributed by atoms with E-state index in [0.717, 1.165) is 42.1 Å². The van der Waals surface area contributed by atoms with Gasteiger partial charge in [-0.1, -0.05) is 43.2 Å². The van der Waals surface area contributed by atoms with Crippen molar-refractivity contribution >= 4 is 34.6 Å². The Balaban J connectivity index is 1.29. The Bertz CT molecular complexity index is 1070. The first-order chi connectivity index (χ1) is 15.0. The molecule has 0 bridgehead atoms. The van der Waals surface area contributed by atoms with Crippen LogP contribution in [0, 0.1) is 0 Å². The molecule has 2 amide bonds. The summed E-state index contributed by atoms with van der Waals surface area (Å²) in [5.74, 6) is -0.180. The third-order valence-corrected chi connectivity index (χ3v) is 5.06. The first kappa shape index (κ1) is 22.1. The minimum atomic E-state index is -0.123. The predicted octanol–water partition coefficient (Wildman–Crippen LogP) is 4.31. The van der Waals surface area contributed by atoms with Crippen LogP contribution in [-0.4, -0.2) is 27.7 Å². The van der Waals surface area contributed by atoms with E-state index in [2.05, 4.69) is 15.8 Å². The van der Waals surface area contributed by atoms with Crippen LogP contribution in [-0.2, 0) is 16.6 Å². The minimum Gasteiger partial charge on any atom is -0.506 e. The zero-order valence-electron chi connectivity index (χ0n) is 17.7. The van der Waals surface area contributed by atoms with Crippen LogP contribution in [0.15, 0.2) is 59.8 Å². The van der Waals surface area contributed by atoms with Crippen molar-refractivity contribution in [2.45, 2.75) is 38.5 Å². The zero-order chi connectivity index (χ0) is 22.1. The molecule has 3 rings (SSSR count). The number of hydrazone groups is 1. The second-order valence-electron chi connectivity index (χ2n) is 7.49. The second kappa shape index (κ2) is 11.0. The number of hydrogen-bond acceptors (Lipinski definition) is 4. The highest BCUT2D eigenvalue weighted by Gasteiger charge is 2.06. The van der Waals surface area contributed by atoms with Crippen molar-refractivity contribution in [2.24, 2.45) is 12.1 Å². The van der Waals surface area contributed by atoms with Crippen molar-refractivity contribution in [3.8, 4) is 5.75 Å². The normalized spacial score (nSPS) is 11.1. The van der Waals surface area contributed by atoms with Crippen LogP contribution in [0.3, 0.4) is 0 Å². The number of aryl methyl sites for hydroxylation is 1. The lowest BCUT2D eigenvalue weighted by Gasteiger charge is -2.06. The van der Waals surface area contributed by atoms with Crippen LogP contribution in [0.4, 0.5) is 5.69 Å². The fourth-order valence-corrected chi connectivity index (χ4v) is 3.42. The summed E-state index contributed by atoms with van der Waals surface area (Å²) in [6.45, 7) is 0. The van der Waals surface area contributed by atoms with Gasteiger partial charge in [0.1, 0.15) is 5.75 Å². The van der Waals surface area contributed by atoms with Crippen molar-refractivity contribution in [2.75, 3.05) is 5.32 Å². The number of rotatable bonds is 10. The molecule has 7 nitrogen and oxygen atoms in total. The number of aromatic hydroxyl groups is 1. The summed E-state index contributed by atoms with van der Waals surface area (Å²) in [7, 11) is 1.98. The fourth-order valence-electron chi connectivity index (χ4n) is 3.42. The van der Waals surface area contributed by atoms with E-state index in [0.29, 0.717) is 18.5 Å². The monoisotopic (exact) mass is 420 g/mol. The van der Waals surface area contributed by atoms with E-state index in [9.17, 15) is 14.7 Å². The molecule has 31 heavy (non-hydrogen) atoms. The number of carbonyl (C=O) groups is 2. The Hall–Kier alpha value is -3.61. The maximum absolute atomic E-state index is 12.0. The van der Waals surface area contributed by atoms with Crippen LogP contribution >= 0.6 is 0 Å². The molecule has 3 aromatic rings. The molecule has 7 heteroatoms. The van der Waals surface area contributed by atoms with E-state index >= 15 is 0 Å². The summed E-state index contributed by atoms with van der Waals surface area (Å²) >= 11 is 0. The summed E-state index contributed by atoms with van der Waals surface area (Å²) in [6.07, 6.45) is 7.65. The summed E-state index contributed by atoms with van der Waals surface area (Å²) in [6, 6.07) is 14.7. The molecule has 0 radical (unpaired) electrons. The summed E-state index contributed by atoms with van der Waals surface area (Å²) in [5, 5.41) is 17.5. The topological polar surface area (TPSA) is 95.7 Å². The molecule has 0 fully saturated rings. The van der Waals surface area contributed by atoms with Gasteiger partial charge in [0.2, 0.25) is 11.8 Å². The lowest BCUT2D eigenvalue weighted by atomic mass is 10.1. The van der Waals surface area contributed by atoms with E-state index in [4.69, 9.17) is 0 Å². The van der Waals surface area contributed by atoms with E-state index in [1.54, 1.807) is 24.4 Å². The number of unbranched alkanes of at least 4 members (excludes halogenated alkanes) is 3. The van der Waals surface area contributed by atoms with Crippen molar-refractivity contribution in [3.05, 3.63) is 60.3 Å². The zero-order valence-corrected chi connectivity index (χ0v) is 17.7. The lowest BCUT2D eigenvalue weighted by Crippen LogP contribution is -2.16. The molecule has 0 saturated heterocycles. The first-order valence-corrected chi connectivity index (χ1v) is 10.5. The highest BCUT2D eigenvalue weighted by atomic mass is 16.3. The van der Waals surface area contributed by atoms with E-state index in [1.165, 1.54) is 6.07 Å². The van der Waals surface area contributed by atoms with Gasteiger partial charge in [-0.15, -0.1) is 0 Å². The fraction of sp³-hybridized carbons (Fsp3) is 0.292. The van der Waals surface area contributed by atoms with Gasteiger partial charge in [-0.25, -0.2) is 5.43 Å². The number of hydrogen-bond donors (Lipinski definition) is 3. The van der Waals surface area contributed by atoms with Gasteiger partial charge in [0.25, 0.3) is 0 Å². The summed E-state index contributed by atoms with van der Waals surface area (Å²) in [5.41, 5.74) is 5.08. The third-order valence-electron chi connectivity index (χ3n) is 5.06. The Labute approximate surface area is 181 Å². The largest absolute Gasteiger partial charge is 0.506 e. The van der Waals surface area contributed by atoms with Crippen molar-refractivity contribution < 1.29 is 14.7 Å². The quantitative estimate of drug-likeness (QED) is 0.197. The number of para-hydroxylation sites is 3. The van der Waals surface area contributed by atoms with Crippen LogP contribution in [0.25, 0.3) is 10.9 Å². The van der Waals surface area contributed by atoms with Gasteiger partial charge in [0.05, 0.1) is 11.9 Å². The molecular formula is C24H28N4O3. The van der Waals surface area contributed by atoms with Crippen molar-refractivity contribution in [1.29, 1.82) is 0 Å². The standard InChI is InChI=1S/C24H28N4O3/c1-28-17-18(19-10-6-8-12-21(19)28)16-25-27-24(31)15-5-3-2-4-14-23(30)26-20-11-7-9-13-22(20)29/h6-13,16-17,29H,2-5,14-15H2,1H3,(H,26,30)(H,27,31)/b25-16+. The molecule has 1 aromatic heterocycles. The first-order valence-electron chi connectivity index (χ1n) is 10.5. The molecule has 0 aliphatic heterocycles. The number of anilines is 1. The van der Waals surface area contributed by atoms with Crippen LogP contribution in [0.1, 0.15) is 44.1 Å². The molecular weight excluding hydrogens is 392 g/mol. The number of nitrogens with zero attached hydrogens (tertiary/aromatic N) is 2. The number of amides is 2.